The smallest absolute Gasteiger partial charge is 0.227 e. The standard InChI is InChI=1S/C17H29N3O3S/c1-5-11-24(22,23)20-8-6-7-19(9-10-20)17(21)13-16-12-14(2)18(4)15(16)3/h12H,5-11,13H2,1-4H3. The number of sulfonamides is 1. The van der Waals surface area contributed by atoms with E-state index in [0.29, 0.717) is 45.4 Å². The zero-order valence-corrected chi connectivity index (χ0v) is 16.0. The number of nitrogens with zero attached hydrogens (tertiary/aromatic N) is 3. The summed E-state index contributed by atoms with van der Waals surface area (Å²) in [5, 5.41) is 0. The molecule has 1 aromatic heterocycles. The summed E-state index contributed by atoms with van der Waals surface area (Å²) in [6.45, 7) is 7.95. The Bertz CT molecular complexity index is 694. The van der Waals surface area contributed by atoms with Gasteiger partial charge in [-0.15, -0.1) is 0 Å². The van der Waals surface area contributed by atoms with Gasteiger partial charge in [0.15, 0.2) is 0 Å². The Labute approximate surface area is 145 Å². The van der Waals surface area contributed by atoms with Crippen molar-refractivity contribution < 1.29 is 13.2 Å². The number of aromatic nitrogens is 1. The summed E-state index contributed by atoms with van der Waals surface area (Å²) in [4.78, 5) is 14.4. The van der Waals surface area contributed by atoms with Gasteiger partial charge in [-0.1, -0.05) is 6.92 Å². The third-order valence-electron chi connectivity index (χ3n) is 4.88. The van der Waals surface area contributed by atoms with Gasteiger partial charge in [-0.05, 0) is 38.3 Å². The molecule has 1 aliphatic heterocycles. The summed E-state index contributed by atoms with van der Waals surface area (Å²) in [6.07, 6.45) is 1.70. The highest BCUT2D eigenvalue weighted by Crippen LogP contribution is 2.16. The van der Waals surface area contributed by atoms with E-state index in [1.54, 1.807) is 4.31 Å². The van der Waals surface area contributed by atoms with E-state index in [1.165, 1.54) is 0 Å². The molecule has 1 aromatic rings. The van der Waals surface area contributed by atoms with Crippen LogP contribution in [-0.4, -0.2) is 60.0 Å². The molecular weight excluding hydrogens is 326 g/mol. The van der Waals surface area contributed by atoms with Crippen molar-refractivity contribution >= 4 is 15.9 Å². The lowest BCUT2D eigenvalue weighted by molar-refractivity contribution is -0.130. The Kier molecular flexibility index (Phi) is 6.09. The fourth-order valence-electron chi connectivity index (χ4n) is 3.20. The Morgan fingerprint density at radius 1 is 1.17 bits per heavy atom. The zero-order valence-electron chi connectivity index (χ0n) is 15.2. The average Bonchev–Trinajstić information content (AvgIpc) is 2.74. The first-order chi connectivity index (χ1) is 11.3. The maximum atomic E-state index is 12.6. The molecule has 1 fully saturated rings. The number of carbonyl (C=O) groups is 1. The van der Waals surface area contributed by atoms with E-state index in [-0.39, 0.29) is 11.7 Å². The number of carbonyl (C=O) groups excluding carboxylic acids is 1. The van der Waals surface area contributed by atoms with Gasteiger partial charge < -0.3 is 9.47 Å². The molecule has 0 N–H and O–H groups in total. The van der Waals surface area contributed by atoms with Gasteiger partial charge in [0.05, 0.1) is 12.2 Å². The molecule has 0 spiro atoms. The van der Waals surface area contributed by atoms with Crippen molar-refractivity contribution in [2.75, 3.05) is 31.9 Å². The highest BCUT2D eigenvalue weighted by molar-refractivity contribution is 7.89. The van der Waals surface area contributed by atoms with Gasteiger partial charge in [-0.2, -0.15) is 0 Å². The van der Waals surface area contributed by atoms with E-state index >= 15 is 0 Å². The lowest BCUT2D eigenvalue weighted by Crippen LogP contribution is -2.38. The van der Waals surface area contributed by atoms with Crippen LogP contribution in [0, 0.1) is 13.8 Å². The highest BCUT2D eigenvalue weighted by atomic mass is 32.2. The molecule has 136 valence electrons. The van der Waals surface area contributed by atoms with Gasteiger partial charge in [0.1, 0.15) is 0 Å². The van der Waals surface area contributed by atoms with Crippen LogP contribution in [0.1, 0.15) is 36.7 Å². The van der Waals surface area contributed by atoms with Gasteiger partial charge in [0, 0.05) is 44.6 Å². The topological polar surface area (TPSA) is 62.6 Å². The van der Waals surface area contributed by atoms with Crippen molar-refractivity contribution in [2.24, 2.45) is 7.05 Å². The molecule has 1 saturated heterocycles. The van der Waals surface area contributed by atoms with Crippen LogP contribution in [-0.2, 0) is 28.3 Å². The van der Waals surface area contributed by atoms with Crippen molar-refractivity contribution in [3.63, 3.8) is 0 Å². The fraction of sp³-hybridized carbons (Fsp3) is 0.706. The summed E-state index contributed by atoms with van der Waals surface area (Å²) in [5.74, 6) is 0.266. The summed E-state index contributed by atoms with van der Waals surface area (Å²) in [5.41, 5.74) is 3.31. The fourth-order valence-corrected chi connectivity index (χ4v) is 4.74. The van der Waals surface area contributed by atoms with Crippen molar-refractivity contribution in [1.82, 2.24) is 13.8 Å². The molecule has 0 radical (unpaired) electrons. The molecule has 0 saturated carbocycles. The zero-order chi connectivity index (χ0) is 17.9. The second-order valence-corrected chi connectivity index (χ2v) is 8.67. The Morgan fingerprint density at radius 2 is 1.88 bits per heavy atom. The van der Waals surface area contributed by atoms with Crippen molar-refractivity contribution in [3.8, 4) is 0 Å². The van der Waals surface area contributed by atoms with Crippen LogP contribution in [0.25, 0.3) is 0 Å². The molecule has 0 bridgehead atoms. The minimum Gasteiger partial charge on any atom is -0.352 e. The van der Waals surface area contributed by atoms with Crippen LogP contribution in [0.5, 0.6) is 0 Å². The van der Waals surface area contributed by atoms with Crippen LogP contribution in [0.15, 0.2) is 6.07 Å². The van der Waals surface area contributed by atoms with Gasteiger partial charge >= 0.3 is 0 Å². The molecule has 0 aromatic carbocycles. The van der Waals surface area contributed by atoms with E-state index in [0.717, 1.165) is 17.0 Å². The first kappa shape index (κ1) is 19.0. The van der Waals surface area contributed by atoms with Crippen LogP contribution >= 0.6 is 0 Å². The summed E-state index contributed by atoms with van der Waals surface area (Å²) >= 11 is 0. The van der Waals surface area contributed by atoms with Gasteiger partial charge in [-0.3, -0.25) is 4.79 Å². The molecular formula is C17H29N3O3S. The number of hydrogen-bond donors (Lipinski definition) is 0. The highest BCUT2D eigenvalue weighted by Gasteiger charge is 2.26. The maximum Gasteiger partial charge on any atom is 0.227 e. The number of amides is 1. The van der Waals surface area contributed by atoms with E-state index in [9.17, 15) is 13.2 Å². The molecule has 6 nitrogen and oxygen atoms in total. The number of rotatable bonds is 5. The second-order valence-electron chi connectivity index (χ2n) is 6.58. The normalized spacial score (nSPS) is 17.1. The minimum absolute atomic E-state index is 0.0819. The van der Waals surface area contributed by atoms with Crippen molar-refractivity contribution in [3.05, 3.63) is 23.0 Å². The quantitative estimate of drug-likeness (QED) is 0.803. The van der Waals surface area contributed by atoms with Crippen LogP contribution < -0.4 is 0 Å². The molecule has 2 heterocycles. The molecule has 0 unspecified atom stereocenters. The van der Waals surface area contributed by atoms with Gasteiger partial charge in [0.2, 0.25) is 15.9 Å². The Balaban J connectivity index is 2.00. The molecule has 1 amide bonds. The second kappa shape index (κ2) is 7.70. The van der Waals surface area contributed by atoms with Crippen LogP contribution in [0.4, 0.5) is 0 Å². The van der Waals surface area contributed by atoms with Crippen LogP contribution in [0.2, 0.25) is 0 Å². The van der Waals surface area contributed by atoms with E-state index < -0.39 is 10.0 Å². The molecule has 24 heavy (non-hydrogen) atoms. The largest absolute Gasteiger partial charge is 0.352 e. The number of aryl methyl sites for hydroxylation is 1. The van der Waals surface area contributed by atoms with Gasteiger partial charge in [-0.25, -0.2) is 12.7 Å². The number of hydrogen-bond acceptors (Lipinski definition) is 3. The van der Waals surface area contributed by atoms with E-state index in [2.05, 4.69) is 10.6 Å². The average molecular weight is 356 g/mol. The molecule has 0 atom stereocenters. The van der Waals surface area contributed by atoms with Crippen molar-refractivity contribution in [2.45, 2.75) is 40.0 Å². The third kappa shape index (κ3) is 4.19. The SMILES string of the molecule is CCCS(=O)(=O)N1CCCN(C(=O)Cc2cc(C)n(C)c2C)CC1. The van der Waals surface area contributed by atoms with Crippen molar-refractivity contribution in [1.29, 1.82) is 0 Å². The third-order valence-corrected chi connectivity index (χ3v) is 6.96. The van der Waals surface area contributed by atoms with Gasteiger partial charge in [0.25, 0.3) is 0 Å². The Morgan fingerprint density at radius 3 is 2.46 bits per heavy atom. The first-order valence-corrected chi connectivity index (χ1v) is 10.2. The summed E-state index contributed by atoms with van der Waals surface area (Å²) in [7, 11) is -1.18. The molecule has 1 aliphatic rings. The molecule has 0 aliphatic carbocycles. The van der Waals surface area contributed by atoms with E-state index in [1.807, 2.05) is 32.7 Å². The lowest BCUT2D eigenvalue weighted by Gasteiger charge is -2.22. The summed E-state index contributed by atoms with van der Waals surface area (Å²) in [6, 6.07) is 2.06. The lowest BCUT2D eigenvalue weighted by atomic mass is 10.1. The Hall–Kier alpha value is -1.34. The van der Waals surface area contributed by atoms with E-state index in [4.69, 9.17) is 0 Å². The molecule has 7 heteroatoms. The van der Waals surface area contributed by atoms with Crippen LogP contribution in [0.3, 0.4) is 0 Å². The monoisotopic (exact) mass is 355 g/mol. The molecule has 2 rings (SSSR count). The minimum atomic E-state index is -3.18. The maximum absolute atomic E-state index is 12.6. The first-order valence-electron chi connectivity index (χ1n) is 8.63. The summed E-state index contributed by atoms with van der Waals surface area (Å²) < 4.78 is 28.1. The predicted molar refractivity (Wildman–Crippen MR) is 95.4 cm³/mol. The predicted octanol–water partition coefficient (Wildman–Crippen LogP) is 1.46.